The Labute approximate surface area is 244 Å². The molecule has 8 nitrogen and oxygen atoms in total. The van der Waals surface area contributed by atoms with Gasteiger partial charge in [0, 0.05) is 6.54 Å². The fraction of sp³-hybridized carbons (Fsp3) is 0.355. The van der Waals surface area contributed by atoms with E-state index in [0.29, 0.717) is 12.1 Å². The SMILES string of the molecule is Cc1ccc(C[C@@H](CNS(=O)(=O)C(F)F)n2c(=NC(=O)OC(C)(C)C)n(Cc3ccc(C)cc3)c3ccccc32)cc1. The molecule has 1 aromatic heterocycles. The molecule has 0 aliphatic carbocycles. The van der Waals surface area contributed by atoms with E-state index in [9.17, 15) is 22.0 Å². The summed E-state index contributed by atoms with van der Waals surface area (Å²) in [5, 5.41) is 0. The number of rotatable bonds is 9. The van der Waals surface area contributed by atoms with Gasteiger partial charge in [0.2, 0.25) is 5.62 Å². The number of hydrogen-bond donors (Lipinski definition) is 1. The molecule has 224 valence electrons. The molecule has 1 amide bonds. The molecule has 1 N–H and O–H groups in total. The fourth-order valence-corrected chi connectivity index (χ4v) is 5.19. The smallest absolute Gasteiger partial charge is 0.437 e. The summed E-state index contributed by atoms with van der Waals surface area (Å²) in [6, 6.07) is 22.2. The molecule has 0 saturated carbocycles. The van der Waals surface area contributed by atoms with Gasteiger partial charge in [-0.3, -0.25) is 0 Å². The van der Waals surface area contributed by atoms with Crippen molar-refractivity contribution < 1.29 is 26.7 Å². The molecular formula is C31H36F2N4O4S. The number of aromatic nitrogens is 2. The van der Waals surface area contributed by atoms with Gasteiger partial charge in [-0.25, -0.2) is 17.9 Å². The minimum absolute atomic E-state index is 0.208. The summed E-state index contributed by atoms with van der Waals surface area (Å²) in [6.07, 6.45) is -0.557. The van der Waals surface area contributed by atoms with Crippen LogP contribution >= 0.6 is 0 Å². The number of nitrogens with one attached hydrogen (secondary N) is 1. The Hall–Kier alpha value is -3.83. The number of fused-ring (bicyclic) bond motifs is 1. The Balaban J connectivity index is 1.96. The molecule has 0 aliphatic rings. The predicted molar refractivity (Wildman–Crippen MR) is 159 cm³/mol. The van der Waals surface area contributed by atoms with Crippen LogP contribution in [0.15, 0.2) is 77.8 Å². The van der Waals surface area contributed by atoms with E-state index in [1.165, 1.54) is 0 Å². The summed E-state index contributed by atoms with van der Waals surface area (Å²) < 4.78 is 62.1. The van der Waals surface area contributed by atoms with Gasteiger partial charge in [0.1, 0.15) is 5.60 Å². The maximum Gasteiger partial charge on any atom is 0.437 e. The number of imidazole rings is 1. The number of alkyl halides is 2. The van der Waals surface area contributed by atoms with E-state index in [0.717, 1.165) is 27.8 Å². The number of ether oxygens (including phenoxy) is 1. The number of benzene rings is 3. The van der Waals surface area contributed by atoms with Crippen LogP contribution in [0.1, 0.15) is 49.1 Å². The van der Waals surface area contributed by atoms with Crippen LogP contribution in [0.5, 0.6) is 0 Å². The number of hydrogen-bond acceptors (Lipinski definition) is 4. The summed E-state index contributed by atoms with van der Waals surface area (Å²) in [7, 11) is -4.89. The van der Waals surface area contributed by atoms with E-state index in [4.69, 9.17) is 4.74 Å². The lowest BCUT2D eigenvalue weighted by molar-refractivity contribution is 0.0593. The van der Waals surface area contributed by atoms with E-state index in [-0.39, 0.29) is 18.6 Å². The third-order valence-electron chi connectivity index (χ3n) is 6.65. The summed E-state index contributed by atoms with van der Waals surface area (Å²) >= 11 is 0. The Kier molecular flexibility index (Phi) is 9.32. The van der Waals surface area contributed by atoms with E-state index in [1.54, 1.807) is 25.3 Å². The van der Waals surface area contributed by atoms with Crippen molar-refractivity contribution in [2.45, 2.75) is 65.0 Å². The number of amides is 1. The fourth-order valence-electron chi connectivity index (χ4n) is 4.64. The zero-order chi connectivity index (χ0) is 30.7. The van der Waals surface area contributed by atoms with Gasteiger partial charge < -0.3 is 13.9 Å². The van der Waals surface area contributed by atoms with Crippen molar-refractivity contribution in [3.8, 4) is 0 Å². The molecule has 0 saturated heterocycles. The largest absolute Gasteiger partial charge is 0.442 e. The number of carbonyl (C=O) groups excluding carboxylic acids is 1. The molecule has 0 radical (unpaired) electrons. The molecule has 0 bridgehead atoms. The van der Waals surface area contributed by atoms with Gasteiger partial charge in [0.15, 0.2) is 0 Å². The van der Waals surface area contributed by atoms with E-state index >= 15 is 0 Å². The summed E-state index contributed by atoms with van der Waals surface area (Å²) in [5.41, 5.74) is 4.71. The number of halogens is 2. The van der Waals surface area contributed by atoms with E-state index in [1.807, 2.05) is 91.2 Å². The molecule has 1 atom stereocenters. The van der Waals surface area contributed by atoms with Gasteiger partial charge >= 0.3 is 11.9 Å². The Bertz CT molecular complexity index is 1720. The third-order valence-corrected chi connectivity index (χ3v) is 7.68. The average molecular weight is 599 g/mol. The third kappa shape index (κ3) is 7.71. The number of nitrogens with zero attached hydrogens (tertiary/aromatic N) is 3. The van der Waals surface area contributed by atoms with Crippen molar-refractivity contribution >= 4 is 27.1 Å². The van der Waals surface area contributed by atoms with Crippen LogP contribution in [0.3, 0.4) is 0 Å². The predicted octanol–water partition coefficient (Wildman–Crippen LogP) is 5.87. The number of carbonyl (C=O) groups is 1. The van der Waals surface area contributed by atoms with Crippen molar-refractivity contribution in [2.75, 3.05) is 6.54 Å². The van der Waals surface area contributed by atoms with Crippen LogP contribution in [-0.4, -0.2) is 41.5 Å². The van der Waals surface area contributed by atoms with Crippen molar-refractivity contribution in [1.29, 1.82) is 0 Å². The monoisotopic (exact) mass is 598 g/mol. The standard InChI is InChI=1S/C31H36F2N4O4S/c1-21-10-14-23(15-11-21)18-25(19-34-42(39,40)28(32)33)37-27-9-7-6-8-26(27)36(20-24-16-12-22(2)13-17-24)29(37)35-30(38)41-31(3,4)5/h6-17,25,28,34H,18-20H2,1-5H3/t25-/m0/s1. The second-order valence-electron chi connectivity index (χ2n) is 11.3. The molecule has 4 aromatic rings. The lowest BCUT2D eigenvalue weighted by Gasteiger charge is -2.21. The quantitative estimate of drug-likeness (QED) is 0.261. The zero-order valence-electron chi connectivity index (χ0n) is 24.3. The molecule has 0 fully saturated rings. The van der Waals surface area contributed by atoms with Gasteiger partial charge in [-0.15, -0.1) is 4.99 Å². The number of sulfonamides is 1. The van der Waals surface area contributed by atoms with Crippen LogP contribution in [-0.2, 0) is 27.7 Å². The van der Waals surface area contributed by atoms with Crippen molar-refractivity contribution in [1.82, 2.24) is 13.9 Å². The molecule has 0 aliphatic heterocycles. The first kappa shape index (κ1) is 31.1. The van der Waals surface area contributed by atoms with Crippen molar-refractivity contribution in [3.63, 3.8) is 0 Å². The number of aryl methyl sites for hydroxylation is 2. The molecule has 1 heterocycles. The first-order valence-electron chi connectivity index (χ1n) is 13.6. The van der Waals surface area contributed by atoms with Gasteiger partial charge in [0.05, 0.1) is 23.6 Å². The lowest BCUT2D eigenvalue weighted by atomic mass is 10.0. The first-order valence-corrected chi connectivity index (χ1v) is 15.1. The molecule has 0 unspecified atom stereocenters. The Morgan fingerprint density at radius 2 is 1.45 bits per heavy atom. The molecule has 4 rings (SSSR count). The molecule has 42 heavy (non-hydrogen) atoms. The van der Waals surface area contributed by atoms with Gasteiger partial charge in [-0.2, -0.15) is 8.78 Å². The Morgan fingerprint density at radius 1 is 0.905 bits per heavy atom. The average Bonchev–Trinajstić information content (AvgIpc) is 3.20. The summed E-state index contributed by atoms with van der Waals surface area (Å²) in [5.74, 6) is -3.59. The van der Waals surface area contributed by atoms with Crippen LogP contribution < -0.4 is 10.3 Å². The Morgan fingerprint density at radius 3 is 2.00 bits per heavy atom. The normalized spacial score (nSPS) is 13.6. The van der Waals surface area contributed by atoms with Crippen molar-refractivity contribution in [2.24, 2.45) is 4.99 Å². The second kappa shape index (κ2) is 12.6. The highest BCUT2D eigenvalue weighted by molar-refractivity contribution is 7.89. The molecule has 3 aromatic carbocycles. The maximum atomic E-state index is 13.3. The first-order chi connectivity index (χ1) is 19.7. The topological polar surface area (TPSA) is 94.7 Å². The molecular weight excluding hydrogens is 562 g/mol. The van der Waals surface area contributed by atoms with Crippen LogP contribution in [0.2, 0.25) is 0 Å². The van der Waals surface area contributed by atoms with Gasteiger partial charge in [-0.1, -0.05) is 71.8 Å². The maximum absolute atomic E-state index is 13.3. The van der Waals surface area contributed by atoms with Crippen molar-refractivity contribution in [3.05, 3.63) is 101 Å². The van der Waals surface area contributed by atoms with Crippen LogP contribution in [0.4, 0.5) is 13.6 Å². The summed E-state index contributed by atoms with van der Waals surface area (Å²) in [6.45, 7) is 9.11. The minimum Gasteiger partial charge on any atom is -0.442 e. The lowest BCUT2D eigenvalue weighted by Crippen LogP contribution is -2.39. The van der Waals surface area contributed by atoms with Crippen LogP contribution in [0, 0.1) is 13.8 Å². The highest BCUT2D eigenvalue weighted by Gasteiger charge is 2.28. The minimum atomic E-state index is -4.89. The highest BCUT2D eigenvalue weighted by atomic mass is 32.2. The van der Waals surface area contributed by atoms with E-state index < -0.39 is 33.5 Å². The van der Waals surface area contributed by atoms with Gasteiger partial charge in [-0.05, 0) is 64.3 Å². The van der Waals surface area contributed by atoms with Gasteiger partial charge in [0.25, 0.3) is 10.0 Å². The highest BCUT2D eigenvalue weighted by Crippen LogP contribution is 2.23. The summed E-state index contributed by atoms with van der Waals surface area (Å²) in [4.78, 5) is 17.5. The van der Waals surface area contributed by atoms with Crippen LogP contribution in [0.25, 0.3) is 11.0 Å². The zero-order valence-corrected chi connectivity index (χ0v) is 25.2. The number of para-hydroxylation sites is 2. The molecule has 0 spiro atoms. The van der Waals surface area contributed by atoms with E-state index in [2.05, 4.69) is 9.71 Å². The molecule has 11 heteroatoms. The second-order valence-corrected chi connectivity index (χ2v) is 13.1.